The molecule has 0 spiro atoms. The van der Waals surface area contributed by atoms with Gasteiger partial charge in [-0.05, 0) is 31.2 Å². The van der Waals surface area contributed by atoms with Gasteiger partial charge in [-0.3, -0.25) is 4.79 Å². The van der Waals surface area contributed by atoms with Crippen molar-refractivity contribution in [3.8, 4) is 0 Å². The van der Waals surface area contributed by atoms with E-state index in [1.807, 2.05) is 35.6 Å². The molecular formula is C23H23FN6O2. The number of nitrogens with zero attached hydrogens (tertiary/aromatic N) is 6. The lowest BCUT2D eigenvalue weighted by Crippen LogP contribution is -2.54. The van der Waals surface area contributed by atoms with E-state index in [1.54, 1.807) is 24.1 Å². The number of hydrogen-bond donors (Lipinski definition) is 0. The van der Waals surface area contributed by atoms with Crippen molar-refractivity contribution >= 4 is 28.4 Å². The van der Waals surface area contributed by atoms with E-state index in [1.165, 1.54) is 12.1 Å². The summed E-state index contributed by atoms with van der Waals surface area (Å²) in [6.45, 7) is 3.81. The van der Waals surface area contributed by atoms with Crippen LogP contribution in [0, 0.1) is 5.82 Å². The number of hydrogen-bond acceptors (Lipinski definition) is 6. The molecule has 3 heterocycles. The summed E-state index contributed by atoms with van der Waals surface area (Å²) >= 11 is 0. The average molecular weight is 434 g/mol. The van der Waals surface area contributed by atoms with Gasteiger partial charge in [0.25, 0.3) is 5.91 Å². The van der Waals surface area contributed by atoms with Gasteiger partial charge in [-0.2, -0.15) is 0 Å². The minimum absolute atomic E-state index is 0.0974. The topological polar surface area (TPSA) is 75.9 Å². The van der Waals surface area contributed by atoms with Gasteiger partial charge in [-0.25, -0.2) is 13.8 Å². The van der Waals surface area contributed by atoms with Gasteiger partial charge < -0.3 is 14.5 Å². The zero-order chi connectivity index (χ0) is 22.2. The van der Waals surface area contributed by atoms with Crippen LogP contribution in [0.25, 0.3) is 16.6 Å². The summed E-state index contributed by atoms with van der Waals surface area (Å²) in [4.78, 5) is 21.7. The summed E-state index contributed by atoms with van der Waals surface area (Å²) in [6.07, 6.45) is 0. The number of ether oxygens (including phenoxy) is 1. The fourth-order valence-electron chi connectivity index (χ4n) is 4.28. The van der Waals surface area contributed by atoms with E-state index in [2.05, 4.69) is 15.1 Å². The Bertz CT molecular complexity index is 1310. The summed E-state index contributed by atoms with van der Waals surface area (Å²) in [5.41, 5.74) is 1.64. The Labute approximate surface area is 184 Å². The minimum Gasteiger partial charge on any atom is -0.377 e. The summed E-state index contributed by atoms with van der Waals surface area (Å²) in [5, 5.41) is 9.62. The van der Waals surface area contributed by atoms with E-state index in [-0.39, 0.29) is 17.5 Å². The number of carbonyl (C=O) groups excluding carboxylic acids is 1. The maximum absolute atomic E-state index is 14.2. The quantitative estimate of drug-likeness (QED) is 0.492. The monoisotopic (exact) mass is 434 g/mol. The van der Waals surface area contributed by atoms with Gasteiger partial charge in [0, 0.05) is 38.2 Å². The molecule has 32 heavy (non-hydrogen) atoms. The van der Waals surface area contributed by atoms with Crippen LogP contribution < -0.4 is 4.90 Å². The highest BCUT2D eigenvalue weighted by Gasteiger charge is 2.31. The first-order valence-corrected chi connectivity index (χ1v) is 10.5. The molecule has 0 radical (unpaired) electrons. The number of methoxy groups -OCH3 is 1. The third-order valence-electron chi connectivity index (χ3n) is 5.84. The van der Waals surface area contributed by atoms with Crippen LogP contribution >= 0.6 is 0 Å². The van der Waals surface area contributed by atoms with Gasteiger partial charge in [-0.1, -0.05) is 24.3 Å². The highest BCUT2D eigenvalue weighted by atomic mass is 19.1. The van der Waals surface area contributed by atoms with Crippen LogP contribution in [0.1, 0.15) is 23.1 Å². The normalized spacial score (nSPS) is 16.8. The molecule has 0 aliphatic carbocycles. The maximum atomic E-state index is 14.2. The first kappa shape index (κ1) is 20.3. The molecule has 1 saturated heterocycles. The molecular weight excluding hydrogens is 411 g/mol. The number of halogens is 1. The molecule has 4 aromatic rings. The Kier molecular flexibility index (Phi) is 5.18. The number of fused-ring (bicyclic) bond motifs is 3. The molecule has 164 valence electrons. The van der Waals surface area contributed by atoms with Gasteiger partial charge in [0.1, 0.15) is 12.4 Å². The number of benzene rings is 2. The smallest absolute Gasteiger partial charge is 0.257 e. The van der Waals surface area contributed by atoms with Gasteiger partial charge in [0.05, 0.1) is 11.1 Å². The van der Waals surface area contributed by atoms with Crippen LogP contribution in [-0.4, -0.2) is 63.2 Å². The van der Waals surface area contributed by atoms with Crippen molar-refractivity contribution in [1.82, 2.24) is 24.5 Å². The minimum atomic E-state index is -0.501. The largest absolute Gasteiger partial charge is 0.377 e. The molecule has 2 aromatic carbocycles. The second kappa shape index (κ2) is 8.16. The molecule has 8 nitrogen and oxygen atoms in total. The van der Waals surface area contributed by atoms with Gasteiger partial charge >= 0.3 is 0 Å². The van der Waals surface area contributed by atoms with E-state index in [4.69, 9.17) is 9.72 Å². The Hall–Kier alpha value is -3.59. The number of aromatic nitrogens is 4. The first-order chi connectivity index (χ1) is 15.6. The van der Waals surface area contributed by atoms with Crippen LogP contribution in [0.4, 0.5) is 10.3 Å². The van der Waals surface area contributed by atoms with Gasteiger partial charge in [-0.15, -0.1) is 10.2 Å². The number of anilines is 1. The second-order valence-corrected chi connectivity index (χ2v) is 7.91. The fraction of sp³-hybridized carbons (Fsp3) is 0.304. The molecule has 1 amide bonds. The van der Waals surface area contributed by atoms with Crippen LogP contribution in [0.5, 0.6) is 0 Å². The van der Waals surface area contributed by atoms with Crippen molar-refractivity contribution in [1.29, 1.82) is 0 Å². The van der Waals surface area contributed by atoms with Gasteiger partial charge in [0.2, 0.25) is 5.95 Å². The summed E-state index contributed by atoms with van der Waals surface area (Å²) in [7, 11) is 1.62. The molecule has 0 unspecified atom stereocenters. The molecule has 1 aliphatic heterocycles. The Morgan fingerprint density at radius 2 is 1.91 bits per heavy atom. The van der Waals surface area contributed by atoms with Crippen molar-refractivity contribution in [2.45, 2.75) is 19.6 Å². The third-order valence-corrected chi connectivity index (χ3v) is 5.84. The molecule has 1 fully saturated rings. The predicted molar refractivity (Wildman–Crippen MR) is 118 cm³/mol. The summed E-state index contributed by atoms with van der Waals surface area (Å²) in [5.74, 6) is 0.573. The number of para-hydroxylation sites is 1. The van der Waals surface area contributed by atoms with Crippen molar-refractivity contribution < 1.29 is 13.9 Å². The Balaban J connectivity index is 1.50. The van der Waals surface area contributed by atoms with Crippen LogP contribution in [0.3, 0.4) is 0 Å². The molecule has 1 atom stereocenters. The molecule has 5 rings (SSSR count). The highest BCUT2D eigenvalue weighted by Crippen LogP contribution is 2.26. The van der Waals surface area contributed by atoms with E-state index in [0.29, 0.717) is 38.0 Å². The number of carbonyl (C=O) groups is 1. The molecule has 0 saturated carbocycles. The van der Waals surface area contributed by atoms with Crippen LogP contribution in [0.15, 0.2) is 48.5 Å². The molecule has 9 heteroatoms. The molecule has 2 aromatic heterocycles. The lowest BCUT2D eigenvalue weighted by molar-refractivity contribution is 0.0668. The van der Waals surface area contributed by atoms with E-state index >= 15 is 0 Å². The number of amides is 1. The Morgan fingerprint density at radius 1 is 1.12 bits per heavy atom. The second-order valence-electron chi connectivity index (χ2n) is 7.91. The summed E-state index contributed by atoms with van der Waals surface area (Å²) < 4.78 is 21.4. The van der Waals surface area contributed by atoms with E-state index < -0.39 is 5.82 Å². The first-order valence-electron chi connectivity index (χ1n) is 10.5. The zero-order valence-electron chi connectivity index (χ0n) is 17.9. The summed E-state index contributed by atoms with van der Waals surface area (Å²) in [6, 6.07) is 13.8. The maximum Gasteiger partial charge on any atom is 0.257 e. The SMILES string of the molecule is COCc1nnc2c3ccccc3nc(N3CCN(C(=O)c4ccccc4F)[C@@H](C)C3)n12. The standard InChI is InChI=1S/C23H23FN6O2/c1-15-13-28(11-12-29(15)22(31)16-7-3-5-9-18(16)24)23-25-19-10-6-4-8-17(19)21-27-26-20(14-32-2)30(21)23/h3-10,15H,11-14H2,1-2H3/t15-/m0/s1. The van der Waals surface area contributed by atoms with Crippen molar-refractivity contribution in [3.05, 3.63) is 65.7 Å². The lowest BCUT2D eigenvalue weighted by atomic mass is 10.1. The van der Waals surface area contributed by atoms with Crippen molar-refractivity contribution in [3.63, 3.8) is 0 Å². The molecule has 1 aliphatic rings. The molecule has 0 bridgehead atoms. The number of piperazine rings is 1. The number of rotatable bonds is 4. The van der Waals surface area contributed by atoms with Crippen molar-refractivity contribution in [2.75, 3.05) is 31.6 Å². The lowest BCUT2D eigenvalue weighted by Gasteiger charge is -2.40. The van der Waals surface area contributed by atoms with E-state index in [0.717, 1.165) is 16.6 Å². The predicted octanol–water partition coefficient (Wildman–Crippen LogP) is 2.91. The third kappa shape index (κ3) is 3.34. The van der Waals surface area contributed by atoms with Crippen LogP contribution in [-0.2, 0) is 11.3 Å². The van der Waals surface area contributed by atoms with Crippen molar-refractivity contribution in [2.24, 2.45) is 0 Å². The van der Waals surface area contributed by atoms with E-state index in [9.17, 15) is 9.18 Å². The highest BCUT2D eigenvalue weighted by molar-refractivity contribution is 5.95. The van der Waals surface area contributed by atoms with Crippen LogP contribution in [0.2, 0.25) is 0 Å². The zero-order valence-corrected chi connectivity index (χ0v) is 17.9. The average Bonchev–Trinajstić information content (AvgIpc) is 3.23. The Morgan fingerprint density at radius 3 is 2.69 bits per heavy atom. The fourth-order valence-corrected chi connectivity index (χ4v) is 4.28. The molecule has 0 N–H and O–H groups in total. The van der Waals surface area contributed by atoms with Gasteiger partial charge in [0.15, 0.2) is 11.5 Å².